The van der Waals surface area contributed by atoms with Crippen LogP contribution in [0.5, 0.6) is 0 Å². The van der Waals surface area contributed by atoms with E-state index in [2.05, 4.69) is 5.32 Å². The smallest absolute Gasteiger partial charge is 0.251 e. The third-order valence-electron chi connectivity index (χ3n) is 4.05. The first-order valence-electron chi connectivity index (χ1n) is 6.95. The lowest BCUT2D eigenvalue weighted by molar-refractivity contribution is 0.0593. The van der Waals surface area contributed by atoms with E-state index in [0.29, 0.717) is 11.8 Å². The topological polar surface area (TPSA) is 15.3 Å². The number of piperidine rings is 1. The normalized spacial score (nSPS) is 26.5. The molecule has 0 spiro atoms. The van der Waals surface area contributed by atoms with Gasteiger partial charge in [-0.2, -0.15) is 0 Å². The van der Waals surface area contributed by atoms with Gasteiger partial charge >= 0.3 is 0 Å². The van der Waals surface area contributed by atoms with Crippen LogP contribution in [0.2, 0.25) is 0 Å². The molecule has 2 fully saturated rings. The lowest BCUT2D eigenvalue weighted by Crippen LogP contribution is -2.42. The van der Waals surface area contributed by atoms with Crippen molar-refractivity contribution in [2.75, 3.05) is 32.7 Å². The highest BCUT2D eigenvalue weighted by Crippen LogP contribution is 2.27. The molecular weight excluding hydrogens is 222 g/mol. The second kappa shape index (κ2) is 6.64. The van der Waals surface area contributed by atoms with Crippen molar-refractivity contribution in [3.63, 3.8) is 0 Å². The van der Waals surface area contributed by atoms with E-state index in [1.165, 1.54) is 32.1 Å². The van der Waals surface area contributed by atoms with Crippen LogP contribution in [0, 0.1) is 11.8 Å². The minimum absolute atomic E-state index is 0.0347. The van der Waals surface area contributed by atoms with E-state index in [-0.39, 0.29) is 6.54 Å². The Hall–Kier alpha value is -0.220. The highest BCUT2D eigenvalue weighted by Gasteiger charge is 2.25. The molecule has 0 aromatic rings. The van der Waals surface area contributed by atoms with Crippen LogP contribution in [0.4, 0.5) is 8.78 Å². The first kappa shape index (κ1) is 13.2. The van der Waals surface area contributed by atoms with E-state index >= 15 is 0 Å². The summed E-state index contributed by atoms with van der Waals surface area (Å²) in [6.07, 6.45) is 3.96. The third-order valence-corrected chi connectivity index (χ3v) is 4.05. The molecule has 1 N–H and O–H groups in total. The minimum Gasteiger partial charge on any atom is -0.316 e. The average molecular weight is 246 g/mol. The van der Waals surface area contributed by atoms with Crippen LogP contribution in [0.3, 0.4) is 0 Å². The minimum atomic E-state index is -2.19. The number of alkyl halides is 2. The van der Waals surface area contributed by atoms with Gasteiger partial charge in [-0.15, -0.1) is 0 Å². The van der Waals surface area contributed by atoms with E-state index in [0.717, 1.165) is 26.2 Å². The van der Waals surface area contributed by atoms with Gasteiger partial charge in [0.1, 0.15) is 0 Å². The van der Waals surface area contributed by atoms with Crippen molar-refractivity contribution in [2.24, 2.45) is 11.8 Å². The van der Waals surface area contributed by atoms with Crippen molar-refractivity contribution in [3.05, 3.63) is 0 Å². The van der Waals surface area contributed by atoms with Gasteiger partial charge in [-0.05, 0) is 50.6 Å². The Kier molecular flexibility index (Phi) is 5.16. The summed E-state index contributed by atoms with van der Waals surface area (Å²) in [6.45, 7) is 3.81. The Balaban J connectivity index is 1.75. The predicted molar refractivity (Wildman–Crippen MR) is 65.4 cm³/mol. The second-order valence-corrected chi connectivity index (χ2v) is 5.62. The fourth-order valence-electron chi connectivity index (χ4n) is 2.90. The van der Waals surface area contributed by atoms with Gasteiger partial charge in [0, 0.05) is 13.1 Å². The lowest BCUT2D eigenvalue weighted by Gasteiger charge is -2.35. The van der Waals surface area contributed by atoms with Gasteiger partial charge in [0.2, 0.25) is 0 Å². The van der Waals surface area contributed by atoms with Crippen LogP contribution in [-0.2, 0) is 0 Å². The third kappa shape index (κ3) is 4.51. The molecule has 1 unspecified atom stereocenters. The molecule has 1 saturated carbocycles. The molecule has 0 bridgehead atoms. The monoisotopic (exact) mass is 246 g/mol. The molecule has 0 aromatic carbocycles. The van der Waals surface area contributed by atoms with Crippen LogP contribution < -0.4 is 5.32 Å². The number of nitrogens with one attached hydrogen (secondary N) is 1. The molecule has 1 heterocycles. The maximum Gasteiger partial charge on any atom is 0.251 e. The molecule has 0 amide bonds. The molecular formula is C13H24F2N2. The van der Waals surface area contributed by atoms with Gasteiger partial charge in [-0.25, -0.2) is 8.78 Å². The molecule has 1 aliphatic carbocycles. The summed E-state index contributed by atoms with van der Waals surface area (Å²) in [7, 11) is 0. The van der Waals surface area contributed by atoms with Gasteiger partial charge in [0.25, 0.3) is 6.43 Å². The Bertz CT molecular complexity index is 213. The van der Waals surface area contributed by atoms with Crippen molar-refractivity contribution in [1.82, 2.24) is 10.2 Å². The molecule has 17 heavy (non-hydrogen) atoms. The first-order chi connectivity index (χ1) is 8.24. The summed E-state index contributed by atoms with van der Waals surface area (Å²) in [5, 5.41) is 3.36. The van der Waals surface area contributed by atoms with Crippen LogP contribution in [0.1, 0.15) is 32.1 Å². The number of hydrogen-bond acceptors (Lipinski definition) is 2. The summed E-state index contributed by atoms with van der Waals surface area (Å²) >= 11 is 0. The fraction of sp³-hybridized carbons (Fsp3) is 1.00. The van der Waals surface area contributed by atoms with E-state index in [1.54, 1.807) is 0 Å². The molecule has 1 saturated heterocycles. The summed E-state index contributed by atoms with van der Waals surface area (Å²) < 4.78 is 25.1. The highest BCUT2D eigenvalue weighted by atomic mass is 19.3. The van der Waals surface area contributed by atoms with Gasteiger partial charge in [-0.1, -0.05) is 6.42 Å². The van der Waals surface area contributed by atoms with Crippen molar-refractivity contribution < 1.29 is 8.78 Å². The van der Waals surface area contributed by atoms with Gasteiger partial charge in [0.15, 0.2) is 0 Å². The molecule has 100 valence electrons. The van der Waals surface area contributed by atoms with Gasteiger partial charge in [-0.3, -0.25) is 4.90 Å². The maximum atomic E-state index is 12.6. The average Bonchev–Trinajstić information content (AvgIpc) is 2.24. The highest BCUT2D eigenvalue weighted by molar-refractivity contribution is 4.78. The van der Waals surface area contributed by atoms with Crippen LogP contribution in [0.15, 0.2) is 0 Å². The molecule has 2 rings (SSSR count). The Morgan fingerprint density at radius 1 is 1.06 bits per heavy atom. The van der Waals surface area contributed by atoms with Crippen LogP contribution >= 0.6 is 0 Å². The van der Waals surface area contributed by atoms with Crippen molar-refractivity contribution in [1.29, 1.82) is 0 Å². The van der Waals surface area contributed by atoms with Crippen LogP contribution in [0.25, 0.3) is 0 Å². The summed E-state index contributed by atoms with van der Waals surface area (Å²) in [5.41, 5.74) is 0. The first-order valence-corrected chi connectivity index (χ1v) is 6.95. The number of nitrogens with zero attached hydrogens (tertiary/aromatic N) is 1. The van der Waals surface area contributed by atoms with E-state index in [9.17, 15) is 8.78 Å². The van der Waals surface area contributed by atoms with Gasteiger partial charge < -0.3 is 5.32 Å². The van der Waals surface area contributed by atoms with Crippen LogP contribution in [-0.4, -0.2) is 44.0 Å². The molecule has 2 aliphatic rings. The zero-order valence-corrected chi connectivity index (χ0v) is 10.5. The zero-order valence-electron chi connectivity index (χ0n) is 10.5. The van der Waals surface area contributed by atoms with E-state index < -0.39 is 6.43 Å². The number of rotatable bonds is 6. The van der Waals surface area contributed by atoms with E-state index in [1.807, 2.05) is 4.90 Å². The predicted octanol–water partition coefficient (Wildman–Crippen LogP) is 2.35. The van der Waals surface area contributed by atoms with E-state index in [4.69, 9.17) is 0 Å². The quantitative estimate of drug-likeness (QED) is 0.774. The molecule has 0 radical (unpaired) electrons. The fourth-order valence-corrected chi connectivity index (χ4v) is 2.90. The maximum absolute atomic E-state index is 12.6. The zero-order chi connectivity index (χ0) is 12.1. The Morgan fingerprint density at radius 3 is 2.29 bits per heavy atom. The van der Waals surface area contributed by atoms with Crippen molar-refractivity contribution in [2.45, 2.75) is 38.5 Å². The Labute approximate surface area is 103 Å². The number of halogens is 2. The molecule has 0 aromatic heterocycles. The lowest BCUT2D eigenvalue weighted by atomic mass is 9.85. The SMILES string of the molecule is FC(F)CN(CC1CCC1)CC1CCCNC1. The van der Waals surface area contributed by atoms with Crippen molar-refractivity contribution in [3.8, 4) is 0 Å². The standard InChI is InChI=1S/C13H24F2N2/c14-13(15)10-17(8-11-3-1-4-11)9-12-5-2-6-16-7-12/h11-13,16H,1-10H2. The Morgan fingerprint density at radius 2 is 1.76 bits per heavy atom. The molecule has 2 nitrogen and oxygen atoms in total. The van der Waals surface area contributed by atoms with Crippen molar-refractivity contribution >= 4 is 0 Å². The molecule has 1 atom stereocenters. The van der Waals surface area contributed by atoms with Gasteiger partial charge in [0.05, 0.1) is 6.54 Å². The number of hydrogen-bond donors (Lipinski definition) is 1. The summed E-state index contributed by atoms with van der Waals surface area (Å²) in [5.74, 6) is 1.26. The summed E-state index contributed by atoms with van der Waals surface area (Å²) in [6, 6.07) is 0. The largest absolute Gasteiger partial charge is 0.316 e. The second-order valence-electron chi connectivity index (χ2n) is 5.62. The molecule has 4 heteroatoms. The summed E-state index contributed by atoms with van der Waals surface area (Å²) in [4.78, 5) is 2.01. The molecule has 1 aliphatic heterocycles.